The van der Waals surface area contributed by atoms with Crippen molar-refractivity contribution in [2.75, 3.05) is 11.8 Å². The summed E-state index contributed by atoms with van der Waals surface area (Å²) in [5.74, 6) is -0.0959. The van der Waals surface area contributed by atoms with Gasteiger partial charge in [0.05, 0.1) is 23.8 Å². The molecule has 1 N–H and O–H groups in total. The maximum absolute atomic E-state index is 12.5. The molecule has 0 amide bonds. The summed E-state index contributed by atoms with van der Waals surface area (Å²) in [4.78, 5) is 9.99. The summed E-state index contributed by atoms with van der Waals surface area (Å²) >= 11 is 3.30. The molecule has 2 aromatic rings. The maximum Gasteiger partial charge on any atom is 0.273 e. The highest BCUT2D eigenvalue weighted by Gasteiger charge is 2.23. The number of nitro benzene ring substituents is 1. The molecule has 2 rings (SSSR count). The molecular formula is C14H13BrN2O5S. The van der Waals surface area contributed by atoms with Gasteiger partial charge < -0.3 is 4.74 Å². The highest BCUT2D eigenvalue weighted by atomic mass is 79.9. The third-order valence-corrected chi connectivity index (χ3v) is 4.98. The molecule has 0 aliphatic carbocycles. The number of aryl methyl sites for hydroxylation is 1. The second-order valence-electron chi connectivity index (χ2n) is 4.66. The van der Waals surface area contributed by atoms with Gasteiger partial charge in [-0.2, -0.15) is 0 Å². The van der Waals surface area contributed by atoms with E-state index in [0.717, 1.165) is 28.2 Å². The number of sulfonamides is 1. The molecule has 0 heterocycles. The minimum absolute atomic E-state index is 0.0959. The van der Waals surface area contributed by atoms with Gasteiger partial charge in [-0.25, -0.2) is 8.42 Å². The molecule has 0 saturated heterocycles. The Hall–Kier alpha value is -2.13. The number of hydrogen-bond donors (Lipinski definition) is 1. The molecule has 0 saturated carbocycles. The van der Waals surface area contributed by atoms with E-state index in [2.05, 4.69) is 20.7 Å². The Morgan fingerprint density at radius 2 is 1.91 bits per heavy atom. The molecule has 23 heavy (non-hydrogen) atoms. The van der Waals surface area contributed by atoms with E-state index in [-0.39, 0.29) is 16.3 Å². The van der Waals surface area contributed by atoms with Gasteiger partial charge in [0.15, 0.2) is 0 Å². The SMILES string of the molecule is COc1cc([N+](=O)[O-])ccc1S(=O)(=O)Nc1ccc(Br)cc1C. The predicted octanol–water partition coefficient (Wildman–Crippen LogP) is 3.48. The van der Waals surface area contributed by atoms with E-state index in [1.54, 1.807) is 25.1 Å². The van der Waals surface area contributed by atoms with Crippen LogP contribution in [0.1, 0.15) is 5.56 Å². The number of ether oxygens (including phenoxy) is 1. The molecule has 0 atom stereocenters. The Bertz CT molecular complexity index is 867. The van der Waals surface area contributed by atoms with Crippen LogP contribution in [0.3, 0.4) is 0 Å². The number of anilines is 1. The third-order valence-electron chi connectivity index (χ3n) is 3.08. The van der Waals surface area contributed by atoms with E-state index < -0.39 is 14.9 Å². The van der Waals surface area contributed by atoms with Gasteiger partial charge in [0.1, 0.15) is 10.6 Å². The van der Waals surface area contributed by atoms with E-state index >= 15 is 0 Å². The number of rotatable bonds is 5. The van der Waals surface area contributed by atoms with Crippen molar-refractivity contribution in [3.8, 4) is 5.75 Å². The van der Waals surface area contributed by atoms with E-state index in [0.29, 0.717) is 5.69 Å². The predicted molar refractivity (Wildman–Crippen MR) is 89.3 cm³/mol. The maximum atomic E-state index is 12.5. The van der Waals surface area contributed by atoms with Gasteiger partial charge in [-0.1, -0.05) is 15.9 Å². The fraction of sp³-hybridized carbons (Fsp3) is 0.143. The van der Waals surface area contributed by atoms with Crippen LogP contribution in [-0.4, -0.2) is 20.5 Å². The van der Waals surface area contributed by atoms with Crippen molar-refractivity contribution >= 4 is 37.3 Å². The van der Waals surface area contributed by atoms with Crippen LogP contribution >= 0.6 is 15.9 Å². The van der Waals surface area contributed by atoms with Crippen LogP contribution in [-0.2, 0) is 10.0 Å². The Balaban J connectivity index is 2.45. The van der Waals surface area contributed by atoms with Crippen molar-refractivity contribution < 1.29 is 18.1 Å². The van der Waals surface area contributed by atoms with Gasteiger partial charge in [-0.3, -0.25) is 14.8 Å². The van der Waals surface area contributed by atoms with Crippen molar-refractivity contribution in [3.63, 3.8) is 0 Å². The number of non-ortho nitro benzene ring substituents is 1. The fourth-order valence-electron chi connectivity index (χ4n) is 1.93. The number of hydrogen-bond acceptors (Lipinski definition) is 5. The molecule has 0 bridgehead atoms. The first-order valence-electron chi connectivity index (χ1n) is 6.36. The Morgan fingerprint density at radius 1 is 1.22 bits per heavy atom. The van der Waals surface area contributed by atoms with Crippen LogP contribution in [0.4, 0.5) is 11.4 Å². The van der Waals surface area contributed by atoms with Crippen LogP contribution in [0.2, 0.25) is 0 Å². The first kappa shape index (κ1) is 17.2. The van der Waals surface area contributed by atoms with Crippen LogP contribution in [0.5, 0.6) is 5.75 Å². The van der Waals surface area contributed by atoms with Gasteiger partial charge in [0, 0.05) is 10.5 Å². The second kappa shape index (κ2) is 6.55. The van der Waals surface area contributed by atoms with Gasteiger partial charge in [0.2, 0.25) is 0 Å². The Kier molecular flexibility index (Phi) is 4.90. The lowest BCUT2D eigenvalue weighted by Crippen LogP contribution is -2.15. The zero-order valence-electron chi connectivity index (χ0n) is 12.2. The molecule has 0 aliphatic rings. The molecule has 0 fully saturated rings. The van der Waals surface area contributed by atoms with E-state index in [1.807, 2.05) is 0 Å². The van der Waals surface area contributed by atoms with Crippen molar-refractivity contribution in [2.24, 2.45) is 0 Å². The fourth-order valence-corrected chi connectivity index (χ4v) is 3.69. The van der Waals surface area contributed by atoms with Crippen molar-refractivity contribution in [3.05, 3.63) is 56.5 Å². The number of nitrogens with zero attached hydrogens (tertiary/aromatic N) is 1. The van der Waals surface area contributed by atoms with Gasteiger partial charge >= 0.3 is 0 Å². The van der Waals surface area contributed by atoms with E-state index in [4.69, 9.17) is 4.74 Å². The Labute approximate surface area is 141 Å². The quantitative estimate of drug-likeness (QED) is 0.611. The van der Waals surface area contributed by atoms with Crippen LogP contribution in [0.15, 0.2) is 45.8 Å². The second-order valence-corrected chi connectivity index (χ2v) is 7.22. The summed E-state index contributed by atoms with van der Waals surface area (Å²) in [6.45, 7) is 1.76. The molecule has 7 nitrogen and oxygen atoms in total. The van der Waals surface area contributed by atoms with Gasteiger partial charge in [0.25, 0.3) is 15.7 Å². The lowest BCUT2D eigenvalue weighted by molar-refractivity contribution is -0.385. The zero-order chi connectivity index (χ0) is 17.2. The smallest absolute Gasteiger partial charge is 0.273 e. The zero-order valence-corrected chi connectivity index (χ0v) is 14.6. The minimum atomic E-state index is -3.95. The number of benzene rings is 2. The molecule has 0 aliphatic heterocycles. The normalized spacial score (nSPS) is 11.1. The minimum Gasteiger partial charge on any atom is -0.495 e. The highest BCUT2D eigenvalue weighted by Crippen LogP contribution is 2.30. The third kappa shape index (κ3) is 3.80. The summed E-state index contributed by atoms with van der Waals surface area (Å²) in [5, 5.41) is 10.8. The summed E-state index contributed by atoms with van der Waals surface area (Å²) in [7, 11) is -2.69. The summed E-state index contributed by atoms with van der Waals surface area (Å²) < 4.78 is 33.3. The largest absolute Gasteiger partial charge is 0.495 e. The average molecular weight is 401 g/mol. The van der Waals surface area contributed by atoms with Crippen molar-refractivity contribution in [1.29, 1.82) is 0 Å². The lowest BCUT2D eigenvalue weighted by atomic mass is 10.2. The molecular weight excluding hydrogens is 388 g/mol. The Morgan fingerprint density at radius 3 is 2.48 bits per heavy atom. The molecule has 9 heteroatoms. The first-order valence-corrected chi connectivity index (χ1v) is 8.63. The molecule has 0 radical (unpaired) electrons. The number of halogens is 1. The summed E-state index contributed by atoms with van der Waals surface area (Å²) in [5.41, 5.74) is 0.887. The number of nitrogens with one attached hydrogen (secondary N) is 1. The standard InChI is InChI=1S/C14H13BrN2O5S/c1-9-7-10(15)3-5-12(9)16-23(20,21)14-6-4-11(17(18)19)8-13(14)22-2/h3-8,16H,1-2H3. The molecule has 122 valence electrons. The summed E-state index contributed by atoms with van der Waals surface area (Å²) in [6.07, 6.45) is 0. The van der Waals surface area contributed by atoms with E-state index in [9.17, 15) is 18.5 Å². The molecule has 0 spiro atoms. The van der Waals surface area contributed by atoms with Gasteiger partial charge in [-0.15, -0.1) is 0 Å². The molecule has 0 unspecified atom stereocenters. The number of methoxy groups -OCH3 is 1. The van der Waals surface area contributed by atoms with Crippen molar-refractivity contribution in [2.45, 2.75) is 11.8 Å². The van der Waals surface area contributed by atoms with Crippen molar-refractivity contribution in [1.82, 2.24) is 0 Å². The van der Waals surface area contributed by atoms with E-state index in [1.165, 1.54) is 7.11 Å². The van der Waals surface area contributed by atoms with Crippen LogP contribution in [0, 0.1) is 17.0 Å². The molecule has 2 aromatic carbocycles. The topological polar surface area (TPSA) is 98.5 Å². The average Bonchev–Trinajstić information content (AvgIpc) is 2.49. The number of nitro groups is 1. The molecule has 0 aromatic heterocycles. The highest BCUT2D eigenvalue weighted by molar-refractivity contribution is 9.10. The van der Waals surface area contributed by atoms with Gasteiger partial charge in [-0.05, 0) is 36.8 Å². The lowest BCUT2D eigenvalue weighted by Gasteiger charge is -2.13. The van der Waals surface area contributed by atoms with Crippen LogP contribution < -0.4 is 9.46 Å². The monoisotopic (exact) mass is 400 g/mol. The van der Waals surface area contributed by atoms with Crippen LogP contribution in [0.25, 0.3) is 0 Å². The summed E-state index contributed by atoms with van der Waals surface area (Å²) in [6, 6.07) is 8.43. The first-order chi connectivity index (χ1) is 10.7.